The topological polar surface area (TPSA) is 92.8 Å². The van der Waals surface area contributed by atoms with E-state index in [4.69, 9.17) is 4.42 Å². The van der Waals surface area contributed by atoms with E-state index in [2.05, 4.69) is 57.5 Å². The molecule has 1 fully saturated rings. The normalized spacial score (nSPS) is 15.4. The van der Waals surface area contributed by atoms with Crippen molar-refractivity contribution in [2.24, 2.45) is 0 Å². The summed E-state index contributed by atoms with van der Waals surface area (Å²) in [7, 11) is 0. The lowest BCUT2D eigenvalue weighted by molar-refractivity contribution is 0.108. The number of furan rings is 1. The number of H-pyrrole nitrogens is 1. The number of fused-ring (bicyclic) bond motifs is 1. The van der Waals surface area contributed by atoms with Crippen LogP contribution in [-0.2, 0) is 13.1 Å². The maximum atomic E-state index is 13.2. The molecule has 1 N–H and O–H groups in total. The number of benzene rings is 1. The SMILES string of the molecule is CCC[C@@H](c1nnnn1Cc1ccco1)N(Cc1cc2cc(C)cc(C)c2[nH]c1=O)C1CCCC1. The van der Waals surface area contributed by atoms with Gasteiger partial charge in [0.15, 0.2) is 5.82 Å². The summed E-state index contributed by atoms with van der Waals surface area (Å²) < 4.78 is 7.40. The summed E-state index contributed by atoms with van der Waals surface area (Å²) in [5.74, 6) is 1.65. The van der Waals surface area contributed by atoms with Gasteiger partial charge in [-0.15, -0.1) is 5.10 Å². The van der Waals surface area contributed by atoms with Crippen LogP contribution in [0.25, 0.3) is 10.9 Å². The molecular formula is C27H34N6O2. The molecular weight excluding hydrogens is 440 g/mol. The Bertz CT molecular complexity index is 1330. The summed E-state index contributed by atoms with van der Waals surface area (Å²) in [6.45, 7) is 7.39. The molecule has 3 aromatic heterocycles. The number of aryl methyl sites for hydroxylation is 2. The predicted octanol–water partition coefficient (Wildman–Crippen LogP) is 5.06. The first-order chi connectivity index (χ1) is 17.0. The maximum Gasteiger partial charge on any atom is 0.252 e. The lowest BCUT2D eigenvalue weighted by atomic mass is 10.0. The number of rotatable bonds is 9. The third-order valence-corrected chi connectivity index (χ3v) is 7.22. The molecule has 0 aliphatic heterocycles. The number of aromatic nitrogens is 5. The second-order valence-corrected chi connectivity index (χ2v) is 9.86. The molecule has 1 saturated carbocycles. The molecule has 0 unspecified atom stereocenters. The van der Waals surface area contributed by atoms with Crippen molar-refractivity contribution in [1.82, 2.24) is 30.1 Å². The van der Waals surface area contributed by atoms with Crippen LogP contribution in [0.15, 0.2) is 45.8 Å². The van der Waals surface area contributed by atoms with Crippen molar-refractivity contribution in [2.75, 3.05) is 0 Å². The standard InChI is InChI=1S/C27H34N6O2/c1-4-8-24(26-29-30-31-33(26)17-23-11-7-12-35-23)32(22-9-5-6-10-22)16-21-15-20-14-18(2)13-19(3)25(20)28-27(21)34/h7,11-15,22,24H,4-6,8-10,16-17H2,1-3H3,(H,28,34)/t24-/m0/s1. The average molecular weight is 475 g/mol. The van der Waals surface area contributed by atoms with E-state index < -0.39 is 0 Å². The van der Waals surface area contributed by atoms with E-state index >= 15 is 0 Å². The van der Waals surface area contributed by atoms with Gasteiger partial charge in [-0.05, 0) is 78.8 Å². The largest absolute Gasteiger partial charge is 0.467 e. The minimum Gasteiger partial charge on any atom is -0.467 e. The van der Waals surface area contributed by atoms with Crippen molar-refractivity contribution < 1.29 is 4.42 Å². The highest BCUT2D eigenvalue weighted by atomic mass is 16.3. The fourth-order valence-electron chi connectivity index (χ4n) is 5.61. The fourth-order valence-corrected chi connectivity index (χ4v) is 5.61. The summed E-state index contributed by atoms with van der Waals surface area (Å²) in [5, 5.41) is 13.9. The number of nitrogens with one attached hydrogen (secondary N) is 1. The third kappa shape index (κ3) is 4.93. The quantitative estimate of drug-likeness (QED) is 0.365. The van der Waals surface area contributed by atoms with Gasteiger partial charge < -0.3 is 9.40 Å². The van der Waals surface area contributed by atoms with E-state index in [1.54, 1.807) is 6.26 Å². The van der Waals surface area contributed by atoms with Gasteiger partial charge in [-0.3, -0.25) is 9.69 Å². The van der Waals surface area contributed by atoms with Gasteiger partial charge in [0.25, 0.3) is 5.56 Å². The Balaban J connectivity index is 1.53. The van der Waals surface area contributed by atoms with Gasteiger partial charge in [0.05, 0.1) is 17.8 Å². The first-order valence-electron chi connectivity index (χ1n) is 12.7. The van der Waals surface area contributed by atoms with Gasteiger partial charge in [-0.1, -0.05) is 37.8 Å². The molecule has 35 heavy (non-hydrogen) atoms. The van der Waals surface area contributed by atoms with E-state index in [0.29, 0.717) is 19.1 Å². The molecule has 0 amide bonds. The molecule has 1 aromatic carbocycles. The Morgan fingerprint density at radius 3 is 2.80 bits per heavy atom. The first kappa shape index (κ1) is 23.5. The lowest BCUT2D eigenvalue weighted by Gasteiger charge is -2.35. The van der Waals surface area contributed by atoms with Gasteiger partial charge in [0.2, 0.25) is 0 Å². The summed E-state index contributed by atoms with van der Waals surface area (Å²) in [4.78, 5) is 18.9. The molecule has 3 heterocycles. The minimum atomic E-state index is -0.0159. The molecule has 0 bridgehead atoms. The van der Waals surface area contributed by atoms with E-state index in [-0.39, 0.29) is 11.6 Å². The van der Waals surface area contributed by atoms with E-state index in [1.165, 1.54) is 18.4 Å². The Hall–Kier alpha value is -3.26. The maximum absolute atomic E-state index is 13.2. The van der Waals surface area contributed by atoms with E-state index in [9.17, 15) is 4.79 Å². The second-order valence-electron chi connectivity index (χ2n) is 9.86. The Morgan fingerprint density at radius 1 is 1.23 bits per heavy atom. The van der Waals surface area contributed by atoms with Crippen molar-refractivity contribution in [3.63, 3.8) is 0 Å². The van der Waals surface area contributed by atoms with Gasteiger partial charge in [0, 0.05) is 18.2 Å². The summed E-state index contributed by atoms with van der Waals surface area (Å²) in [5.41, 5.74) is 3.99. The predicted molar refractivity (Wildman–Crippen MR) is 135 cm³/mol. The van der Waals surface area contributed by atoms with Crippen molar-refractivity contribution in [2.45, 2.75) is 84.5 Å². The highest BCUT2D eigenvalue weighted by Gasteiger charge is 2.33. The Kier molecular flexibility index (Phi) is 6.81. The zero-order chi connectivity index (χ0) is 24.4. The van der Waals surface area contributed by atoms with Gasteiger partial charge >= 0.3 is 0 Å². The monoisotopic (exact) mass is 474 g/mol. The zero-order valence-corrected chi connectivity index (χ0v) is 20.8. The van der Waals surface area contributed by atoms with Crippen LogP contribution < -0.4 is 5.56 Å². The van der Waals surface area contributed by atoms with Crippen molar-refractivity contribution in [3.8, 4) is 0 Å². The molecule has 0 spiro atoms. The van der Waals surface area contributed by atoms with Crippen molar-refractivity contribution >= 4 is 10.9 Å². The highest BCUT2D eigenvalue weighted by Crippen LogP contribution is 2.34. The summed E-state index contributed by atoms with van der Waals surface area (Å²) >= 11 is 0. The molecule has 1 aliphatic rings. The van der Waals surface area contributed by atoms with E-state index in [0.717, 1.165) is 59.3 Å². The number of hydrogen-bond acceptors (Lipinski definition) is 6. The first-order valence-corrected chi connectivity index (χ1v) is 12.7. The van der Waals surface area contributed by atoms with Crippen LogP contribution in [0.4, 0.5) is 0 Å². The van der Waals surface area contributed by atoms with Gasteiger partial charge in [-0.25, -0.2) is 4.68 Å². The number of pyridine rings is 1. The van der Waals surface area contributed by atoms with Crippen LogP contribution in [0.1, 0.15) is 79.8 Å². The van der Waals surface area contributed by atoms with Crippen molar-refractivity contribution in [1.29, 1.82) is 0 Å². The number of hydrogen-bond donors (Lipinski definition) is 1. The van der Waals surface area contributed by atoms with Gasteiger partial charge in [-0.2, -0.15) is 0 Å². The van der Waals surface area contributed by atoms with Crippen LogP contribution in [0.2, 0.25) is 0 Å². The molecule has 4 aromatic rings. The van der Waals surface area contributed by atoms with Crippen LogP contribution >= 0.6 is 0 Å². The molecule has 0 radical (unpaired) electrons. The third-order valence-electron chi connectivity index (χ3n) is 7.22. The van der Waals surface area contributed by atoms with Crippen molar-refractivity contribution in [3.05, 3.63) is 75.2 Å². The summed E-state index contributed by atoms with van der Waals surface area (Å²) in [6.07, 6.45) is 8.26. The second kappa shape index (κ2) is 10.2. The fraction of sp³-hybridized carbons (Fsp3) is 0.481. The molecule has 8 nitrogen and oxygen atoms in total. The molecule has 0 saturated heterocycles. The van der Waals surface area contributed by atoms with Crippen LogP contribution in [0.3, 0.4) is 0 Å². The van der Waals surface area contributed by atoms with Crippen LogP contribution in [0, 0.1) is 13.8 Å². The highest BCUT2D eigenvalue weighted by molar-refractivity contribution is 5.82. The smallest absolute Gasteiger partial charge is 0.252 e. The number of tetrazole rings is 1. The molecule has 1 atom stereocenters. The minimum absolute atomic E-state index is 0.0159. The molecule has 184 valence electrons. The molecule has 1 aliphatic carbocycles. The Labute approximate surface area is 205 Å². The van der Waals surface area contributed by atoms with Crippen LogP contribution in [0.5, 0.6) is 0 Å². The zero-order valence-electron chi connectivity index (χ0n) is 20.8. The number of aromatic amines is 1. The Morgan fingerprint density at radius 2 is 2.06 bits per heavy atom. The van der Waals surface area contributed by atoms with Crippen LogP contribution in [-0.4, -0.2) is 36.1 Å². The molecule has 8 heteroatoms. The molecule has 5 rings (SSSR count). The van der Waals surface area contributed by atoms with E-state index in [1.807, 2.05) is 23.7 Å². The lowest BCUT2D eigenvalue weighted by Crippen LogP contribution is -2.39. The summed E-state index contributed by atoms with van der Waals surface area (Å²) in [6, 6.07) is 10.6. The average Bonchev–Trinajstić information content (AvgIpc) is 3.61. The number of nitrogens with zero attached hydrogens (tertiary/aromatic N) is 5. The van der Waals surface area contributed by atoms with Gasteiger partial charge in [0.1, 0.15) is 12.3 Å².